The molecule has 0 aliphatic heterocycles. The molecule has 0 aliphatic rings. The zero-order chi connectivity index (χ0) is 12.7. The van der Waals surface area contributed by atoms with Crippen molar-refractivity contribution >= 4 is 27.0 Å². The van der Waals surface area contributed by atoms with E-state index in [1.807, 2.05) is 18.2 Å². The number of benzene rings is 2. The zero-order valence-electron chi connectivity index (χ0n) is 9.18. The second-order valence-electron chi connectivity index (χ2n) is 3.98. The first-order valence-electron chi connectivity index (χ1n) is 5.30. The first-order valence-corrected chi connectivity index (χ1v) is 6.10. The van der Waals surface area contributed by atoms with Crippen LogP contribution in [0.3, 0.4) is 0 Å². The lowest BCUT2D eigenvalue weighted by atomic mass is 10.2. The molecule has 0 unspecified atom stereocenters. The van der Waals surface area contributed by atoms with Crippen LogP contribution >= 0.6 is 15.9 Å². The van der Waals surface area contributed by atoms with E-state index in [1.54, 1.807) is 12.1 Å². The highest BCUT2D eigenvalue weighted by Gasteiger charge is 2.07. The van der Waals surface area contributed by atoms with E-state index in [9.17, 15) is 10.2 Å². The predicted octanol–water partition coefficient (Wildman–Crippen LogP) is 3.40. The van der Waals surface area contributed by atoms with Crippen LogP contribution in [-0.2, 0) is 0 Å². The van der Waals surface area contributed by atoms with Gasteiger partial charge in [-0.1, -0.05) is 15.9 Å². The highest BCUT2D eigenvalue weighted by atomic mass is 79.9. The molecule has 0 atom stereocenters. The van der Waals surface area contributed by atoms with Crippen LogP contribution in [0, 0.1) is 0 Å². The summed E-state index contributed by atoms with van der Waals surface area (Å²) >= 11 is 3.39. The molecule has 18 heavy (non-hydrogen) atoms. The molecule has 0 bridgehead atoms. The minimum atomic E-state index is 0.00615. The number of nitrogens with zero attached hydrogens (tertiary/aromatic N) is 1. The molecule has 0 fully saturated rings. The summed E-state index contributed by atoms with van der Waals surface area (Å²) in [7, 11) is 0. The number of phenols is 2. The van der Waals surface area contributed by atoms with Gasteiger partial charge >= 0.3 is 0 Å². The van der Waals surface area contributed by atoms with Gasteiger partial charge in [0.25, 0.3) is 0 Å². The highest BCUT2D eigenvalue weighted by Crippen LogP contribution is 2.28. The number of nitrogens with one attached hydrogen (secondary N) is 1. The van der Waals surface area contributed by atoms with E-state index in [2.05, 4.69) is 25.9 Å². The van der Waals surface area contributed by atoms with Gasteiger partial charge < -0.3 is 15.2 Å². The molecule has 0 aliphatic carbocycles. The number of aromatic nitrogens is 2. The van der Waals surface area contributed by atoms with Crippen molar-refractivity contribution in [2.24, 2.45) is 0 Å². The van der Waals surface area contributed by atoms with Crippen molar-refractivity contribution in [1.82, 2.24) is 9.97 Å². The van der Waals surface area contributed by atoms with Crippen LogP contribution in [0.15, 0.2) is 40.9 Å². The predicted molar refractivity (Wildman–Crippen MR) is 72.6 cm³/mol. The average molecular weight is 305 g/mol. The quantitative estimate of drug-likeness (QED) is 0.645. The molecule has 3 N–H and O–H groups in total. The van der Waals surface area contributed by atoms with Crippen molar-refractivity contribution in [3.63, 3.8) is 0 Å². The van der Waals surface area contributed by atoms with Crippen LogP contribution in [0.2, 0.25) is 0 Å². The number of phenolic OH excluding ortho intramolecular Hbond substituents is 2. The summed E-state index contributed by atoms with van der Waals surface area (Å²) in [6, 6.07) is 10.1. The largest absolute Gasteiger partial charge is 0.508 e. The molecule has 5 heteroatoms. The molecule has 0 spiro atoms. The Morgan fingerprint density at radius 2 is 1.72 bits per heavy atom. The molecule has 2 aromatic carbocycles. The number of H-pyrrole nitrogens is 1. The monoisotopic (exact) mass is 304 g/mol. The third kappa shape index (κ3) is 1.93. The van der Waals surface area contributed by atoms with Crippen molar-refractivity contribution in [1.29, 1.82) is 0 Å². The van der Waals surface area contributed by atoms with E-state index in [4.69, 9.17) is 0 Å². The third-order valence-electron chi connectivity index (χ3n) is 2.62. The molecule has 0 saturated carbocycles. The summed E-state index contributed by atoms with van der Waals surface area (Å²) in [6.07, 6.45) is 0. The average Bonchev–Trinajstić information content (AvgIpc) is 2.70. The fourth-order valence-corrected chi connectivity index (χ4v) is 2.21. The van der Waals surface area contributed by atoms with E-state index < -0.39 is 0 Å². The van der Waals surface area contributed by atoms with Gasteiger partial charge in [0.2, 0.25) is 0 Å². The van der Waals surface area contributed by atoms with Gasteiger partial charge in [-0.05, 0) is 30.3 Å². The summed E-state index contributed by atoms with van der Waals surface area (Å²) in [4.78, 5) is 7.55. The highest BCUT2D eigenvalue weighted by molar-refractivity contribution is 9.10. The summed E-state index contributed by atoms with van der Waals surface area (Å²) in [5.74, 6) is 0.618. The van der Waals surface area contributed by atoms with Crippen molar-refractivity contribution < 1.29 is 10.2 Å². The number of imidazole rings is 1. The second kappa shape index (κ2) is 4.03. The standard InChI is InChI=1S/C13H9BrN2O2/c14-8-1-2-11-12(5-8)16-13(15-11)7-3-9(17)6-10(18)4-7/h1-6,17-18H,(H,15,16). The molecule has 1 heterocycles. The SMILES string of the molecule is Oc1cc(O)cc(-c2nc3ccc(Br)cc3[nH]2)c1. The van der Waals surface area contributed by atoms with Crippen LogP contribution in [-0.4, -0.2) is 20.2 Å². The summed E-state index contributed by atoms with van der Waals surface area (Å²) < 4.78 is 0.962. The fourth-order valence-electron chi connectivity index (χ4n) is 1.85. The van der Waals surface area contributed by atoms with Crippen LogP contribution in [0.1, 0.15) is 0 Å². The third-order valence-corrected chi connectivity index (χ3v) is 3.11. The second-order valence-corrected chi connectivity index (χ2v) is 4.90. The smallest absolute Gasteiger partial charge is 0.138 e. The van der Waals surface area contributed by atoms with Gasteiger partial charge in [-0.2, -0.15) is 0 Å². The van der Waals surface area contributed by atoms with Gasteiger partial charge in [-0.25, -0.2) is 4.98 Å². The van der Waals surface area contributed by atoms with E-state index in [0.717, 1.165) is 15.5 Å². The van der Waals surface area contributed by atoms with E-state index >= 15 is 0 Å². The van der Waals surface area contributed by atoms with Crippen molar-refractivity contribution in [3.8, 4) is 22.9 Å². The fraction of sp³-hybridized carbons (Fsp3) is 0. The van der Waals surface area contributed by atoms with Crippen molar-refractivity contribution in [2.75, 3.05) is 0 Å². The van der Waals surface area contributed by atoms with Crippen LogP contribution < -0.4 is 0 Å². The van der Waals surface area contributed by atoms with Gasteiger partial charge in [0.15, 0.2) is 0 Å². The molecule has 1 aromatic heterocycles. The lowest BCUT2D eigenvalue weighted by Gasteiger charge is -1.99. The molecule has 0 saturated heterocycles. The maximum Gasteiger partial charge on any atom is 0.138 e. The molecule has 0 amide bonds. The number of rotatable bonds is 1. The molecule has 0 radical (unpaired) electrons. The minimum absolute atomic E-state index is 0.00615. The molecule has 3 rings (SSSR count). The Hall–Kier alpha value is -2.01. The summed E-state index contributed by atoms with van der Waals surface area (Å²) in [5.41, 5.74) is 2.36. The van der Waals surface area contributed by atoms with E-state index in [1.165, 1.54) is 6.07 Å². The van der Waals surface area contributed by atoms with Gasteiger partial charge in [0.1, 0.15) is 17.3 Å². The van der Waals surface area contributed by atoms with Gasteiger partial charge in [0.05, 0.1) is 11.0 Å². The Kier molecular flexibility index (Phi) is 2.48. The molecule has 3 aromatic rings. The molecular formula is C13H9BrN2O2. The first-order chi connectivity index (χ1) is 8.61. The van der Waals surface area contributed by atoms with E-state index in [0.29, 0.717) is 11.4 Å². The Morgan fingerprint density at radius 3 is 2.44 bits per heavy atom. The first kappa shape index (κ1) is 11.1. The normalized spacial score (nSPS) is 10.9. The Bertz CT molecular complexity index is 717. The van der Waals surface area contributed by atoms with E-state index in [-0.39, 0.29) is 11.5 Å². The molecular weight excluding hydrogens is 296 g/mol. The lowest BCUT2D eigenvalue weighted by molar-refractivity contribution is 0.451. The topological polar surface area (TPSA) is 69.1 Å². The summed E-state index contributed by atoms with van der Waals surface area (Å²) in [5, 5.41) is 18.9. The Labute approximate surface area is 111 Å². The number of halogens is 1. The van der Waals surface area contributed by atoms with Crippen molar-refractivity contribution in [2.45, 2.75) is 0 Å². The molecule has 90 valence electrons. The van der Waals surface area contributed by atoms with Gasteiger partial charge in [-0.3, -0.25) is 0 Å². The number of hydrogen-bond donors (Lipinski definition) is 3. The zero-order valence-corrected chi connectivity index (χ0v) is 10.8. The Morgan fingerprint density at radius 1 is 1.00 bits per heavy atom. The lowest BCUT2D eigenvalue weighted by Crippen LogP contribution is -1.80. The van der Waals surface area contributed by atoms with Crippen LogP contribution in [0.4, 0.5) is 0 Å². The van der Waals surface area contributed by atoms with Crippen LogP contribution in [0.5, 0.6) is 11.5 Å². The Balaban J connectivity index is 2.19. The van der Waals surface area contributed by atoms with Gasteiger partial charge in [-0.15, -0.1) is 0 Å². The van der Waals surface area contributed by atoms with Crippen LogP contribution in [0.25, 0.3) is 22.4 Å². The maximum atomic E-state index is 9.47. The van der Waals surface area contributed by atoms with Gasteiger partial charge in [0, 0.05) is 16.1 Å². The number of aromatic amines is 1. The molecule has 4 nitrogen and oxygen atoms in total. The number of aromatic hydroxyl groups is 2. The maximum absolute atomic E-state index is 9.47. The number of fused-ring (bicyclic) bond motifs is 1. The van der Waals surface area contributed by atoms with Crippen molar-refractivity contribution in [3.05, 3.63) is 40.9 Å². The summed E-state index contributed by atoms with van der Waals surface area (Å²) in [6.45, 7) is 0. The minimum Gasteiger partial charge on any atom is -0.508 e. The number of hydrogen-bond acceptors (Lipinski definition) is 3.